The number of carbonyl (C=O) groups is 3. The van der Waals surface area contributed by atoms with Gasteiger partial charge in [0.15, 0.2) is 0 Å². The van der Waals surface area contributed by atoms with Gasteiger partial charge in [-0.1, -0.05) is 18.2 Å². The molecule has 29 heavy (non-hydrogen) atoms. The number of hydrogen-bond donors (Lipinski definition) is 3. The number of nitrogens with one attached hydrogen (secondary N) is 2. The summed E-state index contributed by atoms with van der Waals surface area (Å²) in [6.45, 7) is 1.06. The van der Waals surface area contributed by atoms with E-state index in [1.165, 1.54) is 19.3 Å². The Bertz CT molecular complexity index is 870. The molecule has 3 saturated carbocycles. The Morgan fingerprint density at radius 1 is 1.14 bits per heavy atom. The molecule has 1 saturated heterocycles. The van der Waals surface area contributed by atoms with E-state index in [0.29, 0.717) is 31.5 Å². The number of amides is 3. The van der Waals surface area contributed by atoms with Crippen molar-refractivity contribution in [1.82, 2.24) is 15.5 Å². The van der Waals surface area contributed by atoms with Gasteiger partial charge in [0.25, 0.3) is 5.91 Å². The largest absolute Gasteiger partial charge is 0.327 e. The van der Waals surface area contributed by atoms with Crippen LogP contribution in [0.15, 0.2) is 18.2 Å². The zero-order chi connectivity index (χ0) is 20.1. The Labute approximate surface area is 170 Å². The van der Waals surface area contributed by atoms with Gasteiger partial charge < -0.3 is 16.0 Å². The first-order chi connectivity index (χ1) is 14.0. The van der Waals surface area contributed by atoms with Crippen LogP contribution in [0.25, 0.3) is 0 Å². The third-order valence-corrected chi connectivity index (χ3v) is 7.36. The Balaban J connectivity index is 1.31. The summed E-state index contributed by atoms with van der Waals surface area (Å²) in [7, 11) is 0. The molecular formula is C22H28N4O3. The highest BCUT2D eigenvalue weighted by Crippen LogP contribution is 2.41. The molecule has 1 unspecified atom stereocenters. The number of hydrogen-bond acceptors (Lipinski definition) is 5. The van der Waals surface area contributed by atoms with Gasteiger partial charge >= 0.3 is 0 Å². The lowest BCUT2D eigenvalue weighted by Crippen LogP contribution is -2.54. The first kappa shape index (κ1) is 18.8. The van der Waals surface area contributed by atoms with Crippen molar-refractivity contribution in [2.45, 2.75) is 69.7 Å². The van der Waals surface area contributed by atoms with Crippen LogP contribution < -0.4 is 16.4 Å². The van der Waals surface area contributed by atoms with Crippen LogP contribution in [-0.2, 0) is 22.7 Å². The second kappa shape index (κ2) is 7.22. The molecule has 3 amide bonds. The molecule has 0 spiro atoms. The molecule has 0 aromatic heterocycles. The van der Waals surface area contributed by atoms with Gasteiger partial charge in [-0.3, -0.25) is 19.7 Å². The van der Waals surface area contributed by atoms with Gasteiger partial charge in [0.1, 0.15) is 6.04 Å². The molecule has 2 heterocycles. The quantitative estimate of drug-likeness (QED) is 0.660. The zero-order valence-electron chi connectivity index (χ0n) is 16.5. The monoisotopic (exact) mass is 396 g/mol. The summed E-state index contributed by atoms with van der Waals surface area (Å²) in [5.74, 6) is 0.509. The van der Waals surface area contributed by atoms with Gasteiger partial charge in [-0.15, -0.1) is 0 Å². The fraction of sp³-hybridized carbons (Fsp3) is 0.591. The van der Waals surface area contributed by atoms with E-state index in [4.69, 9.17) is 5.73 Å². The van der Waals surface area contributed by atoms with Gasteiger partial charge in [0, 0.05) is 37.2 Å². The number of nitrogens with zero attached hydrogens (tertiary/aromatic N) is 1. The second-order valence-corrected chi connectivity index (χ2v) is 9.08. The van der Waals surface area contributed by atoms with Crippen molar-refractivity contribution < 1.29 is 14.4 Å². The Hall–Kier alpha value is -2.25. The van der Waals surface area contributed by atoms with Crippen LogP contribution in [0, 0.1) is 11.8 Å². The van der Waals surface area contributed by atoms with E-state index in [1.807, 2.05) is 18.2 Å². The third kappa shape index (κ3) is 3.26. The number of rotatable bonds is 4. The number of fused-ring (bicyclic) bond motifs is 4. The molecule has 154 valence electrons. The van der Waals surface area contributed by atoms with E-state index in [0.717, 1.165) is 29.0 Å². The van der Waals surface area contributed by atoms with Crippen LogP contribution in [0.2, 0.25) is 0 Å². The van der Waals surface area contributed by atoms with Crippen LogP contribution in [0.4, 0.5) is 0 Å². The summed E-state index contributed by atoms with van der Waals surface area (Å²) in [6, 6.07) is 6.07. The minimum Gasteiger partial charge on any atom is -0.327 e. The lowest BCUT2D eigenvalue weighted by molar-refractivity contribution is -0.136. The van der Waals surface area contributed by atoms with E-state index in [1.54, 1.807) is 4.90 Å². The SMILES string of the molecule is N[C@@H]1C[C@H]2CC[C@@H]1[C@@H](NCc1cccc3c1C(=O)N(C1CCC(=O)NC1=O)C3)C2. The second-order valence-electron chi connectivity index (χ2n) is 9.08. The summed E-state index contributed by atoms with van der Waals surface area (Å²) in [4.78, 5) is 38.5. The Morgan fingerprint density at radius 3 is 2.76 bits per heavy atom. The summed E-state index contributed by atoms with van der Waals surface area (Å²) in [5.41, 5.74) is 9.01. The van der Waals surface area contributed by atoms with Gasteiger partial charge in [-0.2, -0.15) is 0 Å². The number of benzene rings is 1. The van der Waals surface area contributed by atoms with Crippen LogP contribution in [0.1, 0.15) is 60.0 Å². The summed E-state index contributed by atoms with van der Waals surface area (Å²) < 4.78 is 0. The molecule has 5 atom stereocenters. The molecule has 4 fully saturated rings. The molecule has 5 aliphatic rings. The van der Waals surface area contributed by atoms with E-state index in [2.05, 4.69) is 10.6 Å². The average Bonchev–Trinajstić information content (AvgIpc) is 3.04. The fourth-order valence-corrected chi connectivity index (χ4v) is 5.88. The van der Waals surface area contributed by atoms with Crippen molar-refractivity contribution >= 4 is 17.7 Å². The van der Waals surface area contributed by atoms with Crippen molar-refractivity contribution in [2.24, 2.45) is 17.6 Å². The summed E-state index contributed by atoms with van der Waals surface area (Å²) in [6.07, 6.45) is 5.46. The highest BCUT2D eigenvalue weighted by molar-refractivity contribution is 6.05. The van der Waals surface area contributed by atoms with Crippen LogP contribution >= 0.6 is 0 Å². The molecule has 7 heteroatoms. The molecule has 0 radical (unpaired) electrons. The van der Waals surface area contributed by atoms with Crippen LogP contribution in [-0.4, -0.2) is 40.7 Å². The van der Waals surface area contributed by atoms with E-state index in [-0.39, 0.29) is 30.2 Å². The Morgan fingerprint density at radius 2 is 2.00 bits per heavy atom. The topological polar surface area (TPSA) is 105 Å². The highest BCUT2D eigenvalue weighted by Gasteiger charge is 2.42. The first-order valence-corrected chi connectivity index (χ1v) is 10.8. The van der Waals surface area contributed by atoms with E-state index >= 15 is 0 Å². The van der Waals surface area contributed by atoms with Crippen molar-refractivity contribution in [2.75, 3.05) is 0 Å². The van der Waals surface area contributed by atoms with Crippen molar-refractivity contribution in [3.05, 3.63) is 34.9 Å². The fourth-order valence-electron chi connectivity index (χ4n) is 5.88. The van der Waals surface area contributed by atoms with Crippen molar-refractivity contribution in [1.29, 1.82) is 0 Å². The minimum absolute atomic E-state index is 0.103. The predicted molar refractivity (Wildman–Crippen MR) is 107 cm³/mol. The first-order valence-electron chi connectivity index (χ1n) is 10.8. The molecule has 6 rings (SSSR count). The minimum atomic E-state index is -0.569. The maximum absolute atomic E-state index is 13.2. The Kier molecular flexibility index (Phi) is 4.67. The maximum Gasteiger partial charge on any atom is 0.255 e. The average molecular weight is 396 g/mol. The molecule has 2 bridgehead atoms. The van der Waals surface area contributed by atoms with Gasteiger partial charge in [-0.25, -0.2) is 0 Å². The standard InChI is InChI=1S/C22H28N4O3/c23-16-8-12-4-5-15(16)17(9-12)24-10-13-2-1-3-14-11-26(22(29)20(13)14)18-6-7-19(27)25-21(18)28/h1-3,12,15-18,24H,4-11,23H2,(H,25,27,28)/t12-,15+,16-,17+,18?/m1/s1. The summed E-state index contributed by atoms with van der Waals surface area (Å²) in [5, 5.41) is 6.04. The van der Waals surface area contributed by atoms with Crippen LogP contribution in [0.3, 0.4) is 0 Å². The molecule has 7 nitrogen and oxygen atoms in total. The van der Waals surface area contributed by atoms with E-state index in [9.17, 15) is 14.4 Å². The number of piperidine rings is 1. The van der Waals surface area contributed by atoms with Crippen LogP contribution in [0.5, 0.6) is 0 Å². The molecule has 4 N–H and O–H groups in total. The lowest BCUT2D eigenvalue weighted by Gasteiger charge is -2.46. The number of nitrogens with two attached hydrogens (primary N) is 1. The van der Waals surface area contributed by atoms with Crippen molar-refractivity contribution in [3.8, 4) is 0 Å². The molecule has 1 aromatic rings. The number of carbonyl (C=O) groups excluding carboxylic acids is 3. The molecule has 1 aromatic carbocycles. The maximum atomic E-state index is 13.2. The lowest BCUT2D eigenvalue weighted by atomic mass is 9.65. The smallest absolute Gasteiger partial charge is 0.255 e. The summed E-state index contributed by atoms with van der Waals surface area (Å²) >= 11 is 0. The zero-order valence-corrected chi connectivity index (χ0v) is 16.5. The number of imide groups is 1. The van der Waals surface area contributed by atoms with Gasteiger partial charge in [0.2, 0.25) is 11.8 Å². The highest BCUT2D eigenvalue weighted by atomic mass is 16.2. The van der Waals surface area contributed by atoms with Crippen molar-refractivity contribution in [3.63, 3.8) is 0 Å². The predicted octanol–water partition coefficient (Wildman–Crippen LogP) is 1.05. The molecular weight excluding hydrogens is 368 g/mol. The van der Waals surface area contributed by atoms with Gasteiger partial charge in [-0.05, 0) is 55.1 Å². The third-order valence-electron chi connectivity index (χ3n) is 7.36. The molecule has 3 aliphatic carbocycles. The van der Waals surface area contributed by atoms with E-state index < -0.39 is 6.04 Å². The molecule has 2 aliphatic heterocycles. The normalized spacial score (nSPS) is 33.8. The van der Waals surface area contributed by atoms with Gasteiger partial charge in [0.05, 0.1) is 0 Å².